The van der Waals surface area contributed by atoms with Gasteiger partial charge in [-0.1, -0.05) is 30.3 Å². The first-order chi connectivity index (χ1) is 8.74. The minimum atomic E-state index is -0.433. The maximum absolute atomic E-state index is 11.7. The molecule has 0 radical (unpaired) electrons. The second-order valence-corrected chi connectivity index (χ2v) is 4.01. The van der Waals surface area contributed by atoms with E-state index in [4.69, 9.17) is 0 Å². The topological polar surface area (TPSA) is 54.9 Å². The van der Waals surface area contributed by atoms with Crippen LogP contribution in [-0.4, -0.2) is 9.55 Å². The highest BCUT2D eigenvalue weighted by molar-refractivity contribution is 5.84. The normalized spacial score (nSPS) is 10.7. The van der Waals surface area contributed by atoms with Gasteiger partial charge in [0.25, 0.3) is 5.56 Å². The van der Waals surface area contributed by atoms with Gasteiger partial charge in [-0.25, -0.2) is 4.79 Å². The lowest BCUT2D eigenvalue weighted by Gasteiger charge is -2.05. The summed E-state index contributed by atoms with van der Waals surface area (Å²) >= 11 is 0. The van der Waals surface area contributed by atoms with E-state index in [2.05, 4.69) is 4.98 Å². The minimum Gasteiger partial charge on any atom is -0.274 e. The Morgan fingerprint density at radius 3 is 2.44 bits per heavy atom. The smallest absolute Gasteiger partial charge is 0.274 e. The van der Waals surface area contributed by atoms with E-state index >= 15 is 0 Å². The van der Waals surface area contributed by atoms with Gasteiger partial charge in [0.05, 0.1) is 5.69 Å². The number of nitrogens with one attached hydrogen (secondary N) is 1. The van der Waals surface area contributed by atoms with Gasteiger partial charge >= 0.3 is 5.69 Å². The molecule has 0 bridgehead atoms. The van der Waals surface area contributed by atoms with Crippen molar-refractivity contribution < 1.29 is 0 Å². The predicted octanol–water partition coefficient (Wildman–Crippen LogP) is 1.68. The first-order valence-electron chi connectivity index (χ1n) is 5.55. The summed E-state index contributed by atoms with van der Waals surface area (Å²) in [5.41, 5.74) is -0.0928. The van der Waals surface area contributed by atoms with Crippen LogP contribution in [0.1, 0.15) is 0 Å². The average molecular weight is 238 g/mol. The molecule has 1 heterocycles. The van der Waals surface area contributed by atoms with Crippen molar-refractivity contribution in [1.82, 2.24) is 9.55 Å². The molecule has 0 unspecified atom stereocenters. The molecule has 1 N–H and O–H groups in total. The summed E-state index contributed by atoms with van der Waals surface area (Å²) in [5.74, 6) is 0. The third kappa shape index (κ3) is 1.73. The van der Waals surface area contributed by atoms with E-state index < -0.39 is 11.2 Å². The first-order valence-corrected chi connectivity index (χ1v) is 5.55. The summed E-state index contributed by atoms with van der Waals surface area (Å²) in [4.78, 5) is 24.9. The van der Waals surface area contributed by atoms with Crippen LogP contribution in [0.25, 0.3) is 16.5 Å². The molecule has 0 aliphatic carbocycles. The molecule has 0 atom stereocenters. The molecule has 88 valence electrons. The van der Waals surface area contributed by atoms with E-state index in [1.807, 2.05) is 42.5 Å². The van der Waals surface area contributed by atoms with Crippen molar-refractivity contribution in [2.75, 3.05) is 0 Å². The molecule has 2 aromatic carbocycles. The monoisotopic (exact) mass is 238 g/mol. The standard InChI is InChI=1S/C14H10N2O2/c17-13-7-8-16(14(18)15-13)12-6-5-10-3-1-2-4-11(10)9-12/h1-9H,(H,15,17,18). The second kappa shape index (κ2) is 4.00. The molecule has 0 amide bonds. The fourth-order valence-electron chi connectivity index (χ4n) is 1.95. The molecule has 1 aromatic heterocycles. The molecule has 0 fully saturated rings. The molecule has 0 aliphatic heterocycles. The van der Waals surface area contributed by atoms with Crippen molar-refractivity contribution in [3.8, 4) is 5.69 Å². The van der Waals surface area contributed by atoms with Crippen molar-refractivity contribution in [1.29, 1.82) is 0 Å². The van der Waals surface area contributed by atoms with E-state index in [-0.39, 0.29) is 0 Å². The number of fused-ring (bicyclic) bond motifs is 1. The number of benzene rings is 2. The van der Waals surface area contributed by atoms with E-state index in [0.717, 1.165) is 16.5 Å². The lowest BCUT2D eigenvalue weighted by molar-refractivity contribution is 0.897. The lowest BCUT2D eigenvalue weighted by Crippen LogP contribution is -2.27. The zero-order chi connectivity index (χ0) is 12.5. The van der Waals surface area contributed by atoms with Crippen LogP contribution in [0.3, 0.4) is 0 Å². The maximum Gasteiger partial charge on any atom is 0.332 e. The Labute approximate surface area is 102 Å². The Hall–Kier alpha value is -2.62. The van der Waals surface area contributed by atoms with Crippen LogP contribution < -0.4 is 11.2 Å². The number of aromatic nitrogens is 2. The number of H-pyrrole nitrogens is 1. The van der Waals surface area contributed by atoms with Crippen molar-refractivity contribution in [3.63, 3.8) is 0 Å². The van der Waals surface area contributed by atoms with E-state index in [1.54, 1.807) is 0 Å². The van der Waals surface area contributed by atoms with Gasteiger partial charge < -0.3 is 0 Å². The molecule has 0 aliphatic rings. The van der Waals surface area contributed by atoms with Crippen LogP contribution in [0.5, 0.6) is 0 Å². The minimum absolute atomic E-state index is 0.392. The Kier molecular flexibility index (Phi) is 2.34. The van der Waals surface area contributed by atoms with Crippen LogP contribution in [0, 0.1) is 0 Å². The Bertz CT molecular complexity index is 831. The fourth-order valence-corrected chi connectivity index (χ4v) is 1.95. The third-order valence-corrected chi connectivity index (χ3v) is 2.84. The van der Waals surface area contributed by atoms with Gasteiger partial charge in [0, 0.05) is 12.3 Å². The highest BCUT2D eigenvalue weighted by Gasteiger charge is 2.01. The fraction of sp³-hybridized carbons (Fsp3) is 0. The quantitative estimate of drug-likeness (QED) is 0.701. The van der Waals surface area contributed by atoms with E-state index in [9.17, 15) is 9.59 Å². The van der Waals surface area contributed by atoms with Crippen molar-refractivity contribution in [3.05, 3.63) is 75.6 Å². The van der Waals surface area contributed by atoms with Gasteiger partial charge in [0.1, 0.15) is 0 Å². The number of hydrogen-bond donors (Lipinski definition) is 1. The van der Waals surface area contributed by atoms with Gasteiger partial charge in [0.15, 0.2) is 0 Å². The van der Waals surface area contributed by atoms with E-state index in [0.29, 0.717) is 0 Å². The molecule has 4 nitrogen and oxygen atoms in total. The van der Waals surface area contributed by atoms with Crippen LogP contribution >= 0.6 is 0 Å². The molecule has 18 heavy (non-hydrogen) atoms. The van der Waals surface area contributed by atoms with Gasteiger partial charge in [-0.05, 0) is 22.9 Å². The van der Waals surface area contributed by atoms with Crippen molar-refractivity contribution in [2.45, 2.75) is 0 Å². The van der Waals surface area contributed by atoms with Crippen molar-refractivity contribution >= 4 is 10.8 Å². The van der Waals surface area contributed by atoms with Crippen molar-refractivity contribution in [2.24, 2.45) is 0 Å². The van der Waals surface area contributed by atoms with Gasteiger partial charge in [0.2, 0.25) is 0 Å². The molecule has 3 aromatic rings. The molecular formula is C14H10N2O2. The second-order valence-electron chi connectivity index (χ2n) is 4.01. The van der Waals surface area contributed by atoms with Crippen LogP contribution in [0.15, 0.2) is 64.3 Å². The molecular weight excluding hydrogens is 228 g/mol. The molecule has 4 heteroatoms. The summed E-state index contributed by atoms with van der Waals surface area (Å²) in [6.45, 7) is 0. The highest BCUT2D eigenvalue weighted by atomic mass is 16.2. The zero-order valence-electron chi connectivity index (χ0n) is 9.46. The van der Waals surface area contributed by atoms with Gasteiger partial charge in [-0.2, -0.15) is 0 Å². The number of rotatable bonds is 1. The zero-order valence-corrected chi connectivity index (χ0v) is 9.46. The highest BCUT2D eigenvalue weighted by Crippen LogP contribution is 2.16. The Morgan fingerprint density at radius 1 is 0.889 bits per heavy atom. The molecule has 0 saturated carbocycles. The van der Waals surface area contributed by atoms with Crippen LogP contribution in [0.4, 0.5) is 0 Å². The molecule has 3 rings (SSSR count). The summed E-state index contributed by atoms with van der Waals surface area (Å²) in [5, 5.41) is 2.16. The Morgan fingerprint density at radius 2 is 1.67 bits per heavy atom. The summed E-state index contributed by atoms with van der Waals surface area (Å²) in [6, 6.07) is 14.9. The Balaban J connectivity index is 2.25. The average Bonchev–Trinajstić information content (AvgIpc) is 2.38. The largest absolute Gasteiger partial charge is 0.332 e. The third-order valence-electron chi connectivity index (χ3n) is 2.84. The van der Waals surface area contributed by atoms with Crippen LogP contribution in [0.2, 0.25) is 0 Å². The number of aromatic amines is 1. The van der Waals surface area contributed by atoms with Gasteiger partial charge in [-0.15, -0.1) is 0 Å². The lowest BCUT2D eigenvalue weighted by atomic mass is 10.1. The summed E-state index contributed by atoms with van der Waals surface area (Å²) in [7, 11) is 0. The number of hydrogen-bond acceptors (Lipinski definition) is 2. The maximum atomic E-state index is 11.7. The predicted molar refractivity (Wildman–Crippen MR) is 70.2 cm³/mol. The molecule has 0 spiro atoms. The van der Waals surface area contributed by atoms with Gasteiger partial charge in [-0.3, -0.25) is 14.3 Å². The summed E-state index contributed by atoms with van der Waals surface area (Å²) in [6.07, 6.45) is 1.48. The molecule has 0 saturated heterocycles. The SMILES string of the molecule is O=c1ccn(-c2ccc3ccccc3c2)c(=O)[nH]1. The first kappa shape index (κ1) is 10.5. The summed E-state index contributed by atoms with van der Waals surface area (Å²) < 4.78 is 1.41. The van der Waals surface area contributed by atoms with E-state index in [1.165, 1.54) is 16.8 Å². The van der Waals surface area contributed by atoms with Crippen LogP contribution in [-0.2, 0) is 0 Å². The number of nitrogens with zero attached hydrogens (tertiary/aromatic N) is 1.